The number of aryl methyl sites for hydroxylation is 1. The fourth-order valence-corrected chi connectivity index (χ4v) is 1.71. The molecule has 0 aliphatic carbocycles. The van der Waals surface area contributed by atoms with Gasteiger partial charge in [0.2, 0.25) is 0 Å². The van der Waals surface area contributed by atoms with Crippen molar-refractivity contribution in [1.29, 1.82) is 0 Å². The average molecular weight is 232 g/mol. The molecule has 0 radical (unpaired) electrons. The minimum Gasteiger partial charge on any atom is -0.494 e. The van der Waals surface area contributed by atoms with Crippen LogP contribution in [0.2, 0.25) is 0 Å². The fraction of sp³-hybridized carbons (Fsp3) is 0.333. The molecule has 1 aromatic carbocycles. The summed E-state index contributed by atoms with van der Waals surface area (Å²) in [5.74, 6) is 0.829. The summed E-state index contributed by atoms with van der Waals surface area (Å²) in [6.07, 6.45) is 1.68. The first-order valence-electron chi connectivity index (χ1n) is 5.55. The Morgan fingerprint density at radius 3 is 2.94 bits per heavy atom. The summed E-state index contributed by atoms with van der Waals surface area (Å²) in [4.78, 5) is 0. The molecule has 0 aliphatic heterocycles. The number of nitrogens with zero attached hydrogens (tertiary/aromatic N) is 3. The van der Waals surface area contributed by atoms with E-state index in [2.05, 4.69) is 10.3 Å². The predicted molar refractivity (Wildman–Crippen MR) is 64.6 cm³/mol. The number of hydrogen-bond acceptors (Lipinski definition) is 4. The second-order valence-corrected chi connectivity index (χ2v) is 3.77. The van der Waals surface area contributed by atoms with Gasteiger partial charge in [0.1, 0.15) is 5.75 Å². The van der Waals surface area contributed by atoms with Crippen molar-refractivity contribution in [1.82, 2.24) is 15.0 Å². The molecule has 0 amide bonds. The van der Waals surface area contributed by atoms with Crippen LogP contribution < -0.4 is 10.5 Å². The Kier molecular flexibility index (Phi) is 3.39. The molecule has 2 aromatic rings. The molecule has 1 unspecified atom stereocenters. The zero-order valence-corrected chi connectivity index (χ0v) is 10.00. The van der Waals surface area contributed by atoms with Gasteiger partial charge in [0, 0.05) is 7.05 Å². The van der Waals surface area contributed by atoms with Gasteiger partial charge in [0.25, 0.3) is 0 Å². The van der Waals surface area contributed by atoms with Crippen molar-refractivity contribution >= 4 is 0 Å². The molecular weight excluding hydrogens is 216 g/mol. The quantitative estimate of drug-likeness (QED) is 0.861. The summed E-state index contributed by atoms with van der Waals surface area (Å²) in [6.45, 7) is 2.60. The molecule has 0 aliphatic rings. The lowest BCUT2D eigenvalue weighted by Crippen LogP contribution is -2.15. The van der Waals surface area contributed by atoms with Crippen molar-refractivity contribution in [3.05, 3.63) is 41.7 Å². The topological polar surface area (TPSA) is 66.0 Å². The minimum absolute atomic E-state index is 0.240. The Bertz CT molecular complexity index is 495. The van der Waals surface area contributed by atoms with E-state index in [4.69, 9.17) is 10.5 Å². The number of aromatic nitrogens is 3. The van der Waals surface area contributed by atoms with Gasteiger partial charge in [-0.15, -0.1) is 5.10 Å². The third kappa shape index (κ3) is 2.45. The molecule has 1 aromatic heterocycles. The summed E-state index contributed by atoms with van der Waals surface area (Å²) in [6, 6.07) is 7.53. The van der Waals surface area contributed by atoms with Gasteiger partial charge in [-0.3, -0.25) is 4.68 Å². The summed E-state index contributed by atoms with van der Waals surface area (Å²) in [5.41, 5.74) is 8.03. The Balaban J connectivity index is 2.28. The molecule has 2 rings (SSSR count). The second-order valence-electron chi connectivity index (χ2n) is 3.77. The van der Waals surface area contributed by atoms with Crippen molar-refractivity contribution in [3.63, 3.8) is 0 Å². The lowest BCUT2D eigenvalue weighted by Gasteiger charge is -2.13. The molecule has 0 fully saturated rings. The highest BCUT2D eigenvalue weighted by Crippen LogP contribution is 2.22. The van der Waals surface area contributed by atoms with E-state index < -0.39 is 0 Å². The number of rotatable bonds is 4. The Hall–Kier alpha value is -1.88. The third-order valence-corrected chi connectivity index (χ3v) is 2.60. The molecule has 17 heavy (non-hydrogen) atoms. The first kappa shape index (κ1) is 11.6. The van der Waals surface area contributed by atoms with E-state index in [1.807, 2.05) is 38.2 Å². The zero-order chi connectivity index (χ0) is 12.3. The van der Waals surface area contributed by atoms with Crippen LogP contribution in [0.15, 0.2) is 30.5 Å². The Morgan fingerprint density at radius 2 is 2.29 bits per heavy atom. The van der Waals surface area contributed by atoms with E-state index in [1.54, 1.807) is 10.9 Å². The van der Waals surface area contributed by atoms with Crippen molar-refractivity contribution in [2.75, 3.05) is 6.61 Å². The van der Waals surface area contributed by atoms with E-state index in [9.17, 15) is 0 Å². The van der Waals surface area contributed by atoms with E-state index in [-0.39, 0.29) is 6.04 Å². The highest BCUT2D eigenvalue weighted by Gasteiger charge is 2.13. The molecule has 90 valence electrons. The SMILES string of the molecule is CCOc1cccc(C(N)c2cnnn2C)c1. The summed E-state index contributed by atoms with van der Waals surface area (Å²) in [5, 5.41) is 7.71. The van der Waals surface area contributed by atoms with Crippen LogP contribution in [0.25, 0.3) is 0 Å². The Labute approximate surface area is 100 Å². The molecule has 1 atom stereocenters. The molecule has 0 saturated carbocycles. The normalized spacial score (nSPS) is 12.4. The number of benzene rings is 1. The van der Waals surface area contributed by atoms with E-state index >= 15 is 0 Å². The van der Waals surface area contributed by atoms with E-state index in [0.29, 0.717) is 6.61 Å². The van der Waals surface area contributed by atoms with Crippen molar-refractivity contribution in [2.24, 2.45) is 12.8 Å². The number of hydrogen-bond donors (Lipinski definition) is 1. The van der Waals surface area contributed by atoms with Crippen molar-refractivity contribution in [3.8, 4) is 5.75 Å². The second kappa shape index (κ2) is 4.97. The van der Waals surface area contributed by atoms with Crippen LogP contribution in [0, 0.1) is 0 Å². The predicted octanol–water partition coefficient (Wildman–Crippen LogP) is 1.26. The molecular formula is C12H16N4O. The molecule has 0 saturated heterocycles. The first-order valence-corrected chi connectivity index (χ1v) is 5.55. The lowest BCUT2D eigenvalue weighted by atomic mass is 10.1. The van der Waals surface area contributed by atoms with Gasteiger partial charge in [-0.25, -0.2) is 0 Å². The highest BCUT2D eigenvalue weighted by molar-refractivity contribution is 5.33. The van der Waals surface area contributed by atoms with Gasteiger partial charge < -0.3 is 10.5 Å². The van der Waals surface area contributed by atoms with Crippen LogP contribution in [0.5, 0.6) is 5.75 Å². The molecule has 5 nitrogen and oxygen atoms in total. The van der Waals surface area contributed by atoms with E-state index in [1.165, 1.54) is 0 Å². The summed E-state index contributed by atoms with van der Waals surface area (Å²) >= 11 is 0. The third-order valence-electron chi connectivity index (χ3n) is 2.60. The van der Waals surface area contributed by atoms with Gasteiger partial charge in [0.15, 0.2) is 0 Å². The number of nitrogens with two attached hydrogens (primary N) is 1. The first-order chi connectivity index (χ1) is 8.22. The van der Waals surface area contributed by atoms with Gasteiger partial charge >= 0.3 is 0 Å². The lowest BCUT2D eigenvalue weighted by molar-refractivity contribution is 0.339. The summed E-state index contributed by atoms with van der Waals surface area (Å²) < 4.78 is 7.13. The molecule has 0 bridgehead atoms. The van der Waals surface area contributed by atoms with Crippen LogP contribution in [0.1, 0.15) is 24.2 Å². The van der Waals surface area contributed by atoms with Gasteiger partial charge in [-0.05, 0) is 24.6 Å². The fourth-order valence-electron chi connectivity index (χ4n) is 1.71. The van der Waals surface area contributed by atoms with E-state index in [0.717, 1.165) is 17.0 Å². The van der Waals surface area contributed by atoms with Crippen LogP contribution >= 0.6 is 0 Å². The molecule has 0 spiro atoms. The van der Waals surface area contributed by atoms with Crippen LogP contribution in [0.4, 0.5) is 0 Å². The Morgan fingerprint density at radius 1 is 1.47 bits per heavy atom. The van der Waals surface area contributed by atoms with Crippen molar-refractivity contribution < 1.29 is 4.74 Å². The average Bonchev–Trinajstić information content (AvgIpc) is 2.75. The highest BCUT2D eigenvalue weighted by atomic mass is 16.5. The van der Waals surface area contributed by atoms with Crippen LogP contribution in [-0.4, -0.2) is 21.6 Å². The van der Waals surface area contributed by atoms with Crippen molar-refractivity contribution in [2.45, 2.75) is 13.0 Å². The molecule has 2 N–H and O–H groups in total. The smallest absolute Gasteiger partial charge is 0.119 e. The van der Waals surface area contributed by atoms with Crippen LogP contribution in [0.3, 0.4) is 0 Å². The standard InChI is InChI=1S/C12H16N4O/c1-3-17-10-6-4-5-9(7-10)12(13)11-8-14-15-16(11)2/h4-8,12H,3,13H2,1-2H3. The largest absolute Gasteiger partial charge is 0.494 e. The monoisotopic (exact) mass is 232 g/mol. The minimum atomic E-state index is -0.240. The van der Waals surface area contributed by atoms with Gasteiger partial charge in [-0.2, -0.15) is 0 Å². The van der Waals surface area contributed by atoms with Gasteiger partial charge in [-0.1, -0.05) is 17.3 Å². The summed E-state index contributed by atoms with van der Waals surface area (Å²) in [7, 11) is 1.83. The molecule has 5 heteroatoms. The molecule has 1 heterocycles. The van der Waals surface area contributed by atoms with Crippen LogP contribution in [-0.2, 0) is 7.05 Å². The number of ether oxygens (including phenoxy) is 1. The maximum Gasteiger partial charge on any atom is 0.119 e. The zero-order valence-electron chi connectivity index (χ0n) is 10.00. The maximum absolute atomic E-state index is 6.17. The van der Waals surface area contributed by atoms with Gasteiger partial charge in [0.05, 0.1) is 24.5 Å². The maximum atomic E-state index is 6.17.